The van der Waals surface area contributed by atoms with Crippen LogP contribution in [0, 0.1) is 0 Å². The fourth-order valence-corrected chi connectivity index (χ4v) is 3.49. The Kier molecular flexibility index (Phi) is 4.05. The standard InChI is InChI=1S/C15H18N2O3S/c1-2-19-14(18)15(7-4-3-5-8-15)13-16-12(17-20-13)11-6-9-21-10-11/h6,9-10H,2-5,7-8H2,1H3. The van der Waals surface area contributed by atoms with Crippen LogP contribution in [0.2, 0.25) is 0 Å². The van der Waals surface area contributed by atoms with Crippen LogP contribution in [0.25, 0.3) is 11.4 Å². The molecule has 0 aromatic carbocycles. The molecule has 1 aliphatic carbocycles. The van der Waals surface area contributed by atoms with E-state index in [1.807, 2.05) is 23.8 Å². The molecule has 1 saturated carbocycles. The van der Waals surface area contributed by atoms with Crippen molar-refractivity contribution >= 4 is 17.3 Å². The second-order valence-electron chi connectivity index (χ2n) is 5.30. The van der Waals surface area contributed by atoms with Crippen LogP contribution in [0.3, 0.4) is 0 Å². The molecular formula is C15H18N2O3S. The first kappa shape index (κ1) is 14.3. The number of ether oxygens (including phenoxy) is 1. The summed E-state index contributed by atoms with van der Waals surface area (Å²) in [6.07, 6.45) is 4.53. The second-order valence-corrected chi connectivity index (χ2v) is 6.08. The van der Waals surface area contributed by atoms with Crippen molar-refractivity contribution in [2.45, 2.75) is 44.4 Å². The van der Waals surface area contributed by atoms with E-state index < -0.39 is 5.41 Å². The molecule has 5 nitrogen and oxygen atoms in total. The maximum Gasteiger partial charge on any atom is 0.321 e. The smallest absolute Gasteiger partial charge is 0.321 e. The van der Waals surface area contributed by atoms with E-state index in [-0.39, 0.29) is 5.97 Å². The molecule has 1 aliphatic rings. The van der Waals surface area contributed by atoms with Crippen molar-refractivity contribution in [3.05, 3.63) is 22.7 Å². The minimum Gasteiger partial charge on any atom is -0.465 e. The first-order chi connectivity index (χ1) is 10.3. The van der Waals surface area contributed by atoms with E-state index in [2.05, 4.69) is 10.1 Å². The number of hydrogen-bond donors (Lipinski definition) is 0. The first-order valence-electron chi connectivity index (χ1n) is 7.30. The molecule has 0 saturated heterocycles. The minimum atomic E-state index is -0.754. The van der Waals surface area contributed by atoms with Crippen LogP contribution in [0.1, 0.15) is 44.9 Å². The number of carbonyl (C=O) groups is 1. The molecule has 0 radical (unpaired) electrons. The van der Waals surface area contributed by atoms with E-state index in [0.717, 1.165) is 37.7 Å². The fourth-order valence-electron chi connectivity index (χ4n) is 2.86. The van der Waals surface area contributed by atoms with Gasteiger partial charge in [0, 0.05) is 10.9 Å². The van der Waals surface area contributed by atoms with Crippen LogP contribution in [-0.4, -0.2) is 22.7 Å². The summed E-state index contributed by atoms with van der Waals surface area (Å²) in [7, 11) is 0. The first-order valence-corrected chi connectivity index (χ1v) is 8.24. The van der Waals surface area contributed by atoms with Gasteiger partial charge in [0.1, 0.15) is 5.41 Å². The van der Waals surface area contributed by atoms with Gasteiger partial charge < -0.3 is 9.26 Å². The summed E-state index contributed by atoms with van der Waals surface area (Å²) in [5.41, 5.74) is 0.167. The van der Waals surface area contributed by atoms with Gasteiger partial charge in [-0.3, -0.25) is 4.79 Å². The molecule has 0 spiro atoms. The number of thiophene rings is 1. The Balaban J connectivity index is 1.95. The molecular weight excluding hydrogens is 288 g/mol. The van der Waals surface area contributed by atoms with E-state index >= 15 is 0 Å². The predicted octanol–water partition coefficient (Wildman–Crippen LogP) is 3.56. The summed E-state index contributed by atoms with van der Waals surface area (Å²) >= 11 is 1.58. The van der Waals surface area contributed by atoms with Gasteiger partial charge in [0.05, 0.1) is 6.61 Å². The minimum absolute atomic E-state index is 0.231. The number of nitrogens with zero attached hydrogens (tertiary/aromatic N) is 2. The second kappa shape index (κ2) is 5.97. The van der Waals surface area contributed by atoms with E-state index in [4.69, 9.17) is 9.26 Å². The third-order valence-electron chi connectivity index (χ3n) is 3.99. The third kappa shape index (κ3) is 2.60. The van der Waals surface area contributed by atoms with Crippen LogP contribution >= 0.6 is 11.3 Å². The van der Waals surface area contributed by atoms with Gasteiger partial charge >= 0.3 is 5.97 Å². The number of rotatable bonds is 4. The summed E-state index contributed by atoms with van der Waals surface area (Å²) in [6, 6.07) is 1.94. The molecule has 3 rings (SSSR count). The normalized spacial score (nSPS) is 17.6. The summed E-state index contributed by atoms with van der Waals surface area (Å²) in [4.78, 5) is 16.9. The lowest BCUT2D eigenvalue weighted by Crippen LogP contribution is -2.39. The van der Waals surface area contributed by atoms with E-state index in [1.165, 1.54) is 0 Å². The molecule has 2 aromatic heterocycles. The largest absolute Gasteiger partial charge is 0.465 e. The van der Waals surface area contributed by atoms with Crippen LogP contribution in [0.4, 0.5) is 0 Å². The van der Waals surface area contributed by atoms with E-state index in [9.17, 15) is 4.79 Å². The maximum absolute atomic E-state index is 12.5. The van der Waals surface area contributed by atoms with Gasteiger partial charge in [-0.2, -0.15) is 16.3 Å². The number of hydrogen-bond acceptors (Lipinski definition) is 6. The Morgan fingerprint density at radius 1 is 1.43 bits per heavy atom. The molecule has 0 aliphatic heterocycles. The Hall–Kier alpha value is -1.69. The van der Waals surface area contributed by atoms with Gasteiger partial charge in [0.2, 0.25) is 11.7 Å². The van der Waals surface area contributed by atoms with Gasteiger partial charge in [-0.05, 0) is 31.2 Å². The lowest BCUT2D eigenvalue weighted by Gasteiger charge is -2.31. The summed E-state index contributed by atoms with van der Waals surface area (Å²) in [5, 5.41) is 7.96. The molecule has 0 bridgehead atoms. The lowest BCUT2D eigenvalue weighted by molar-refractivity contribution is -0.152. The molecule has 2 aromatic rings. The van der Waals surface area contributed by atoms with Gasteiger partial charge in [-0.1, -0.05) is 24.4 Å². The van der Waals surface area contributed by atoms with Crippen molar-refractivity contribution in [3.63, 3.8) is 0 Å². The topological polar surface area (TPSA) is 65.2 Å². The summed E-state index contributed by atoms with van der Waals surface area (Å²) < 4.78 is 10.7. The van der Waals surface area contributed by atoms with E-state index in [0.29, 0.717) is 18.3 Å². The number of carbonyl (C=O) groups excluding carboxylic acids is 1. The van der Waals surface area contributed by atoms with Crippen molar-refractivity contribution in [2.24, 2.45) is 0 Å². The summed E-state index contributed by atoms with van der Waals surface area (Å²) in [6.45, 7) is 2.19. The average Bonchev–Trinajstić information content (AvgIpc) is 3.19. The van der Waals surface area contributed by atoms with Crippen molar-refractivity contribution in [1.82, 2.24) is 10.1 Å². The molecule has 0 atom stereocenters. The zero-order valence-corrected chi connectivity index (χ0v) is 12.8. The Bertz CT molecular complexity index is 600. The molecule has 0 unspecified atom stereocenters. The zero-order chi connectivity index (χ0) is 14.7. The molecule has 112 valence electrons. The number of esters is 1. The zero-order valence-electron chi connectivity index (χ0n) is 12.0. The molecule has 1 fully saturated rings. The van der Waals surface area contributed by atoms with Crippen molar-refractivity contribution in [2.75, 3.05) is 6.61 Å². The SMILES string of the molecule is CCOC(=O)C1(c2nc(-c3ccsc3)no2)CCCCC1. The monoisotopic (exact) mass is 306 g/mol. The Morgan fingerprint density at radius 3 is 2.90 bits per heavy atom. The van der Waals surface area contributed by atoms with Crippen LogP contribution < -0.4 is 0 Å². The van der Waals surface area contributed by atoms with Crippen molar-refractivity contribution in [1.29, 1.82) is 0 Å². The Labute approximate surface area is 127 Å². The highest BCUT2D eigenvalue weighted by molar-refractivity contribution is 7.08. The highest BCUT2D eigenvalue weighted by Crippen LogP contribution is 2.40. The van der Waals surface area contributed by atoms with E-state index in [1.54, 1.807) is 11.3 Å². The van der Waals surface area contributed by atoms with Crippen molar-refractivity contribution in [3.8, 4) is 11.4 Å². The third-order valence-corrected chi connectivity index (χ3v) is 4.67. The summed E-state index contributed by atoms with van der Waals surface area (Å²) in [5.74, 6) is 0.715. The quantitative estimate of drug-likeness (QED) is 0.808. The molecule has 2 heterocycles. The molecule has 21 heavy (non-hydrogen) atoms. The lowest BCUT2D eigenvalue weighted by atomic mass is 9.74. The van der Waals surface area contributed by atoms with Gasteiger partial charge in [-0.25, -0.2) is 0 Å². The Morgan fingerprint density at radius 2 is 2.24 bits per heavy atom. The van der Waals surface area contributed by atoms with Gasteiger partial charge in [-0.15, -0.1) is 0 Å². The fraction of sp³-hybridized carbons (Fsp3) is 0.533. The van der Waals surface area contributed by atoms with Gasteiger partial charge in [0.25, 0.3) is 0 Å². The van der Waals surface area contributed by atoms with Crippen LogP contribution in [0.15, 0.2) is 21.3 Å². The highest BCUT2D eigenvalue weighted by Gasteiger charge is 2.47. The van der Waals surface area contributed by atoms with Crippen LogP contribution in [-0.2, 0) is 14.9 Å². The number of aromatic nitrogens is 2. The van der Waals surface area contributed by atoms with Crippen molar-refractivity contribution < 1.29 is 14.1 Å². The average molecular weight is 306 g/mol. The maximum atomic E-state index is 12.5. The molecule has 0 N–H and O–H groups in total. The molecule has 6 heteroatoms. The predicted molar refractivity (Wildman–Crippen MR) is 79.0 cm³/mol. The molecule has 0 amide bonds. The van der Waals surface area contributed by atoms with Crippen LogP contribution in [0.5, 0.6) is 0 Å². The highest BCUT2D eigenvalue weighted by atomic mass is 32.1. The van der Waals surface area contributed by atoms with Gasteiger partial charge in [0.15, 0.2) is 0 Å².